The quantitative estimate of drug-likeness (QED) is 0.526. The first kappa shape index (κ1) is 20.7. The zero-order valence-corrected chi connectivity index (χ0v) is 18.4. The van der Waals surface area contributed by atoms with Crippen molar-refractivity contribution in [1.29, 1.82) is 0 Å². The molecule has 0 radical (unpaired) electrons. The molecule has 0 N–H and O–H groups in total. The summed E-state index contributed by atoms with van der Waals surface area (Å²) in [6, 6.07) is 0.729. The molecule has 0 unspecified atom stereocenters. The van der Waals surface area contributed by atoms with Crippen LogP contribution in [0.2, 0.25) is 0 Å². The highest BCUT2D eigenvalue weighted by Gasteiger charge is 2.28. The Bertz CT molecular complexity index is 782. The molecule has 2 aliphatic rings. The zero-order chi connectivity index (χ0) is 20.2. The van der Waals surface area contributed by atoms with E-state index in [1.165, 1.54) is 12.8 Å². The molecule has 1 aliphatic carbocycles. The van der Waals surface area contributed by atoms with Gasteiger partial charge in [-0.15, -0.1) is 15.3 Å². The fraction of sp³-hybridized carbons (Fsp3) is 0.833. The van der Waals surface area contributed by atoms with Crippen LogP contribution in [-0.4, -0.2) is 91.7 Å². The van der Waals surface area contributed by atoms with Gasteiger partial charge in [-0.2, -0.15) is 0 Å². The van der Waals surface area contributed by atoms with Crippen molar-refractivity contribution in [2.75, 3.05) is 46.9 Å². The molecule has 1 saturated carbocycles. The highest BCUT2D eigenvalue weighted by atomic mass is 32.2. The predicted molar refractivity (Wildman–Crippen MR) is 110 cm³/mol. The van der Waals surface area contributed by atoms with Gasteiger partial charge in [0.15, 0.2) is 16.8 Å². The summed E-state index contributed by atoms with van der Waals surface area (Å²) in [5, 5.41) is 22.3. The number of ether oxygens (including phenoxy) is 1. The molecule has 2 aromatic rings. The minimum atomic E-state index is 0.248. The molecule has 4 rings (SSSR count). The largest absolute Gasteiger partial charge is 0.379 e. The Morgan fingerprint density at radius 1 is 1.14 bits per heavy atom. The third-order valence-corrected chi connectivity index (χ3v) is 6.54. The summed E-state index contributed by atoms with van der Waals surface area (Å²) in [7, 11) is 4.21. The van der Waals surface area contributed by atoms with Crippen molar-refractivity contribution in [2.24, 2.45) is 0 Å². The van der Waals surface area contributed by atoms with Crippen LogP contribution < -0.4 is 0 Å². The SMILES string of the molecule is CC[C@H](c1nnc(SCc2nnnn2C2CC2)n1CCN1CCOCC1)N(C)C. The predicted octanol–water partition coefficient (Wildman–Crippen LogP) is 1.24. The van der Waals surface area contributed by atoms with Gasteiger partial charge in [-0.3, -0.25) is 9.80 Å². The van der Waals surface area contributed by atoms with Crippen molar-refractivity contribution in [1.82, 2.24) is 44.8 Å². The summed E-state index contributed by atoms with van der Waals surface area (Å²) in [5.74, 6) is 2.66. The Hall–Kier alpha value is -1.56. The Labute approximate surface area is 176 Å². The van der Waals surface area contributed by atoms with E-state index in [2.05, 4.69) is 61.1 Å². The number of tetrazole rings is 1. The van der Waals surface area contributed by atoms with Crippen molar-refractivity contribution < 1.29 is 4.74 Å². The number of aromatic nitrogens is 7. The lowest BCUT2D eigenvalue weighted by Crippen LogP contribution is -2.38. The molecule has 0 bridgehead atoms. The second-order valence-electron chi connectivity index (χ2n) is 7.89. The molecule has 2 aromatic heterocycles. The second kappa shape index (κ2) is 9.50. The average molecular weight is 422 g/mol. The highest BCUT2D eigenvalue weighted by Crippen LogP contribution is 2.35. The van der Waals surface area contributed by atoms with E-state index in [4.69, 9.17) is 4.74 Å². The van der Waals surface area contributed by atoms with E-state index in [-0.39, 0.29) is 6.04 Å². The molecule has 160 valence electrons. The minimum Gasteiger partial charge on any atom is -0.379 e. The molecule has 1 aliphatic heterocycles. The van der Waals surface area contributed by atoms with E-state index in [1.807, 2.05) is 4.68 Å². The first-order valence-corrected chi connectivity index (χ1v) is 11.4. The molecule has 10 nitrogen and oxygen atoms in total. The van der Waals surface area contributed by atoms with Crippen molar-refractivity contribution >= 4 is 11.8 Å². The van der Waals surface area contributed by atoms with Gasteiger partial charge in [-0.25, -0.2) is 4.68 Å². The fourth-order valence-electron chi connectivity index (χ4n) is 3.75. The summed E-state index contributed by atoms with van der Waals surface area (Å²) >= 11 is 1.68. The monoisotopic (exact) mass is 421 g/mol. The van der Waals surface area contributed by atoms with E-state index in [0.29, 0.717) is 11.8 Å². The molecule has 1 saturated heterocycles. The molecule has 2 fully saturated rings. The topological polar surface area (TPSA) is 90.0 Å². The van der Waals surface area contributed by atoms with E-state index in [1.54, 1.807) is 11.8 Å². The van der Waals surface area contributed by atoms with Crippen LogP contribution in [0.4, 0.5) is 0 Å². The summed E-state index contributed by atoms with van der Waals surface area (Å²) in [4.78, 5) is 4.67. The van der Waals surface area contributed by atoms with Gasteiger partial charge in [0.25, 0.3) is 0 Å². The lowest BCUT2D eigenvalue weighted by atomic mass is 10.2. The minimum absolute atomic E-state index is 0.248. The maximum atomic E-state index is 5.48. The van der Waals surface area contributed by atoms with Gasteiger partial charge >= 0.3 is 0 Å². The van der Waals surface area contributed by atoms with Gasteiger partial charge in [0.1, 0.15) is 0 Å². The third-order valence-electron chi connectivity index (χ3n) is 5.58. The fourth-order valence-corrected chi connectivity index (χ4v) is 4.63. The van der Waals surface area contributed by atoms with E-state index >= 15 is 0 Å². The molecule has 29 heavy (non-hydrogen) atoms. The Morgan fingerprint density at radius 3 is 2.62 bits per heavy atom. The summed E-state index contributed by atoms with van der Waals surface area (Å²) in [6.45, 7) is 7.66. The first-order valence-electron chi connectivity index (χ1n) is 10.5. The Balaban J connectivity index is 1.49. The molecule has 3 heterocycles. The molecule has 0 aromatic carbocycles. The van der Waals surface area contributed by atoms with Crippen molar-refractivity contribution in [2.45, 2.75) is 55.7 Å². The van der Waals surface area contributed by atoms with Crippen LogP contribution >= 0.6 is 11.8 Å². The van der Waals surface area contributed by atoms with E-state index in [9.17, 15) is 0 Å². The molecular formula is C18H31N9OS. The Kier molecular flexibility index (Phi) is 6.78. The van der Waals surface area contributed by atoms with Gasteiger partial charge < -0.3 is 9.30 Å². The third kappa shape index (κ3) is 4.96. The first-order chi connectivity index (χ1) is 14.2. The van der Waals surface area contributed by atoms with Gasteiger partial charge in [-0.05, 0) is 43.8 Å². The van der Waals surface area contributed by atoms with Gasteiger partial charge in [0.2, 0.25) is 0 Å². The average Bonchev–Trinajstić information content (AvgIpc) is 3.33. The number of thioether (sulfide) groups is 1. The number of rotatable bonds is 10. The maximum absolute atomic E-state index is 5.48. The van der Waals surface area contributed by atoms with Crippen LogP contribution in [0.15, 0.2) is 5.16 Å². The molecule has 1 atom stereocenters. The number of hydrogen-bond donors (Lipinski definition) is 0. The maximum Gasteiger partial charge on any atom is 0.191 e. The summed E-state index contributed by atoms with van der Waals surface area (Å²) in [5.41, 5.74) is 0. The highest BCUT2D eigenvalue weighted by molar-refractivity contribution is 7.98. The number of morpholine rings is 1. The Morgan fingerprint density at radius 2 is 1.93 bits per heavy atom. The summed E-state index contributed by atoms with van der Waals surface area (Å²) < 4.78 is 9.74. The normalized spacial score (nSPS) is 19.2. The summed E-state index contributed by atoms with van der Waals surface area (Å²) in [6.07, 6.45) is 3.33. The second-order valence-corrected chi connectivity index (χ2v) is 8.84. The van der Waals surface area contributed by atoms with Crippen LogP contribution in [0.25, 0.3) is 0 Å². The molecule has 11 heteroatoms. The van der Waals surface area contributed by atoms with E-state index in [0.717, 1.165) is 62.6 Å². The van der Waals surface area contributed by atoms with Crippen LogP contribution in [-0.2, 0) is 17.0 Å². The molecule has 0 amide bonds. The molecule has 0 spiro atoms. The van der Waals surface area contributed by atoms with Crippen molar-refractivity contribution in [3.8, 4) is 0 Å². The smallest absolute Gasteiger partial charge is 0.191 e. The van der Waals surface area contributed by atoms with Crippen LogP contribution in [0, 0.1) is 0 Å². The van der Waals surface area contributed by atoms with Gasteiger partial charge in [-0.1, -0.05) is 18.7 Å². The van der Waals surface area contributed by atoms with Crippen LogP contribution in [0.3, 0.4) is 0 Å². The molecular weight excluding hydrogens is 390 g/mol. The van der Waals surface area contributed by atoms with Crippen LogP contribution in [0.5, 0.6) is 0 Å². The van der Waals surface area contributed by atoms with Gasteiger partial charge in [0.05, 0.1) is 31.1 Å². The van der Waals surface area contributed by atoms with Crippen molar-refractivity contribution in [3.63, 3.8) is 0 Å². The van der Waals surface area contributed by atoms with Crippen LogP contribution in [0.1, 0.15) is 49.9 Å². The lowest BCUT2D eigenvalue weighted by molar-refractivity contribution is 0.0358. The lowest BCUT2D eigenvalue weighted by Gasteiger charge is -2.28. The standard InChI is InChI=1S/C18H31N9OS/c1-4-15(24(2)3)17-20-21-18(26(17)8-7-25-9-11-28-12-10-25)29-13-16-19-22-23-27(16)14-5-6-14/h14-15H,4-13H2,1-3H3/t15-/m1/s1. The number of nitrogens with zero attached hydrogens (tertiary/aromatic N) is 9. The van der Waals surface area contributed by atoms with E-state index < -0.39 is 0 Å². The number of hydrogen-bond acceptors (Lipinski definition) is 9. The zero-order valence-electron chi connectivity index (χ0n) is 17.6. The van der Waals surface area contributed by atoms with Gasteiger partial charge in [0, 0.05) is 26.2 Å². The van der Waals surface area contributed by atoms with Crippen molar-refractivity contribution in [3.05, 3.63) is 11.6 Å².